The average Bonchev–Trinajstić information content (AvgIpc) is 3.48. The maximum Gasteiger partial charge on any atom is 0.141 e. The summed E-state index contributed by atoms with van der Waals surface area (Å²) in [6, 6.07) is 52.5. The van der Waals surface area contributed by atoms with E-state index in [9.17, 15) is 10.5 Å². The van der Waals surface area contributed by atoms with Crippen LogP contribution in [-0.2, 0) is 0 Å². The Morgan fingerprint density at radius 1 is 0.404 bits per heavy atom. The fourth-order valence-electron chi connectivity index (χ4n) is 6.29. The standard InChI is InChI=1S/C42H25N5/c43-26-36-22-34(18-20-45-36)30-10-6-28(7-11-30)32-14-16-41-39(24-32)40-25-33(15-17-42(40)47(41)38-4-2-1-3-5-38)29-8-12-31(13-9-29)35-19-21-46-37(23-35)27-44/h1-25H. The van der Waals surface area contributed by atoms with Crippen LogP contribution in [0.15, 0.2) is 152 Å². The van der Waals surface area contributed by atoms with Gasteiger partial charge in [-0.15, -0.1) is 0 Å². The second-order valence-electron chi connectivity index (χ2n) is 11.4. The van der Waals surface area contributed by atoms with Gasteiger partial charge in [-0.05, 0) is 105 Å². The fraction of sp³-hybridized carbons (Fsp3) is 0. The van der Waals surface area contributed by atoms with Gasteiger partial charge in [0.15, 0.2) is 0 Å². The van der Waals surface area contributed by atoms with Gasteiger partial charge in [-0.25, -0.2) is 9.97 Å². The SMILES string of the molecule is N#Cc1cc(-c2ccc(-c3ccc4c(c3)c3cc(-c5ccc(-c6ccnc(C#N)c6)cc5)ccc3n4-c3ccccc3)cc2)ccn1. The lowest BCUT2D eigenvalue weighted by Gasteiger charge is -2.09. The van der Waals surface area contributed by atoms with Crippen LogP contribution in [0.3, 0.4) is 0 Å². The average molecular weight is 600 g/mol. The van der Waals surface area contributed by atoms with E-state index in [0.717, 1.165) is 61.2 Å². The molecule has 0 saturated carbocycles. The molecule has 3 aromatic heterocycles. The Kier molecular flexibility index (Phi) is 6.84. The molecule has 5 nitrogen and oxygen atoms in total. The highest BCUT2D eigenvalue weighted by molar-refractivity contribution is 6.11. The van der Waals surface area contributed by atoms with Crippen molar-refractivity contribution in [2.75, 3.05) is 0 Å². The van der Waals surface area contributed by atoms with Crippen molar-refractivity contribution in [3.05, 3.63) is 163 Å². The van der Waals surface area contributed by atoms with Gasteiger partial charge < -0.3 is 4.57 Å². The lowest BCUT2D eigenvalue weighted by atomic mass is 9.97. The number of hydrogen-bond acceptors (Lipinski definition) is 4. The first-order chi connectivity index (χ1) is 23.2. The predicted octanol–water partition coefficient (Wildman–Crippen LogP) is 9.99. The highest BCUT2D eigenvalue weighted by Gasteiger charge is 2.15. The summed E-state index contributed by atoms with van der Waals surface area (Å²) in [5.74, 6) is 0. The predicted molar refractivity (Wildman–Crippen MR) is 188 cm³/mol. The molecule has 8 rings (SSSR count). The van der Waals surface area contributed by atoms with Gasteiger partial charge in [0.25, 0.3) is 0 Å². The molecule has 0 atom stereocenters. The Morgan fingerprint density at radius 2 is 0.787 bits per heavy atom. The second kappa shape index (κ2) is 11.6. The van der Waals surface area contributed by atoms with Crippen molar-refractivity contribution in [2.24, 2.45) is 0 Å². The van der Waals surface area contributed by atoms with E-state index in [4.69, 9.17) is 0 Å². The zero-order valence-electron chi connectivity index (χ0n) is 25.2. The minimum atomic E-state index is 0.407. The number of para-hydroxylation sites is 1. The van der Waals surface area contributed by atoms with Crippen LogP contribution >= 0.6 is 0 Å². The molecule has 0 amide bonds. The minimum Gasteiger partial charge on any atom is -0.309 e. The summed E-state index contributed by atoms with van der Waals surface area (Å²) >= 11 is 0. The highest BCUT2D eigenvalue weighted by Crippen LogP contribution is 2.38. The molecule has 0 saturated heterocycles. The molecule has 0 fully saturated rings. The molecular formula is C42H25N5. The van der Waals surface area contributed by atoms with E-state index in [2.05, 4.69) is 136 Å². The topological polar surface area (TPSA) is 78.3 Å². The van der Waals surface area contributed by atoms with E-state index >= 15 is 0 Å². The first-order valence-corrected chi connectivity index (χ1v) is 15.3. The molecular weight excluding hydrogens is 574 g/mol. The number of fused-ring (bicyclic) bond motifs is 3. The molecule has 5 heteroatoms. The van der Waals surface area contributed by atoms with Crippen LogP contribution in [0.2, 0.25) is 0 Å². The maximum atomic E-state index is 9.27. The van der Waals surface area contributed by atoms with E-state index in [1.54, 1.807) is 12.4 Å². The number of nitriles is 2. The van der Waals surface area contributed by atoms with Crippen LogP contribution in [0.1, 0.15) is 11.4 Å². The van der Waals surface area contributed by atoms with Gasteiger partial charge in [0.2, 0.25) is 0 Å². The van der Waals surface area contributed by atoms with E-state index in [-0.39, 0.29) is 0 Å². The van der Waals surface area contributed by atoms with E-state index < -0.39 is 0 Å². The number of rotatable bonds is 5. The number of hydrogen-bond donors (Lipinski definition) is 0. The smallest absolute Gasteiger partial charge is 0.141 e. The van der Waals surface area contributed by atoms with Crippen molar-refractivity contribution in [1.82, 2.24) is 14.5 Å². The monoisotopic (exact) mass is 599 g/mol. The largest absolute Gasteiger partial charge is 0.309 e. The zero-order chi connectivity index (χ0) is 31.7. The number of nitrogens with zero attached hydrogens (tertiary/aromatic N) is 5. The second-order valence-corrected chi connectivity index (χ2v) is 11.4. The summed E-state index contributed by atoms with van der Waals surface area (Å²) in [4.78, 5) is 8.20. The van der Waals surface area contributed by atoms with Gasteiger partial charge in [-0.3, -0.25) is 0 Å². The van der Waals surface area contributed by atoms with Crippen molar-refractivity contribution < 1.29 is 0 Å². The Hall–Kier alpha value is -6.82. The number of benzene rings is 5. The third-order valence-electron chi connectivity index (χ3n) is 8.63. The number of pyridine rings is 2. The molecule has 0 bridgehead atoms. The molecule has 0 aliphatic heterocycles. The molecule has 218 valence electrons. The third-order valence-corrected chi connectivity index (χ3v) is 8.63. The molecule has 0 aliphatic carbocycles. The normalized spacial score (nSPS) is 10.9. The molecule has 0 radical (unpaired) electrons. The summed E-state index contributed by atoms with van der Waals surface area (Å²) in [5.41, 5.74) is 12.7. The highest BCUT2D eigenvalue weighted by atomic mass is 15.0. The molecule has 0 unspecified atom stereocenters. The van der Waals surface area contributed by atoms with Crippen LogP contribution < -0.4 is 0 Å². The molecule has 47 heavy (non-hydrogen) atoms. The molecule has 0 aliphatic rings. The Morgan fingerprint density at radius 3 is 1.19 bits per heavy atom. The van der Waals surface area contributed by atoms with Crippen molar-refractivity contribution in [3.8, 4) is 62.3 Å². The summed E-state index contributed by atoms with van der Waals surface area (Å²) in [6.07, 6.45) is 3.35. The van der Waals surface area contributed by atoms with Gasteiger partial charge in [-0.2, -0.15) is 10.5 Å². The first-order valence-electron chi connectivity index (χ1n) is 15.3. The number of aromatic nitrogens is 3. The lowest BCUT2D eigenvalue weighted by Crippen LogP contribution is -1.93. The van der Waals surface area contributed by atoms with Crippen LogP contribution in [0.4, 0.5) is 0 Å². The van der Waals surface area contributed by atoms with Crippen LogP contribution in [0, 0.1) is 22.7 Å². The molecule has 3 heterocycles. The van der Waals surface area contributed by atoms with Crippen molar-refractivity contribution in [2.45, 2.75) is 0 Å². The Bertz CT molecular complexity index is 2360. The summed E-state index contributed by atoms with van der Waals surface area (Å²) in [7, 11) is 0. The van der Waals surface area contributed by atoms with Gasteiger partial charge >= 0.3 is 0 Å². The minimum absolute atomic E-state index is 0.407. The van der Waals surface area contributed by atoms with Crippen molar-refractivity contribution >= 4 is 21.8 Å². The van der Waals surface area contributed by atoms with E-state index in [1.165, 1.54) is 10.8 Å². The summed E-state index contributed by atoms with van der Waals surface area (Å²) in [6.45, 7) is 0. The van der Waals surface area contributed by atoms with Gasteiger partial charge in [0.1, 0.15) is 23.5 Å². The van der Waals surface area contributed by atoms with Gasteiger partial charge in [0.05, 0.1) is 11.0 Å². The van der Waals surface area contributed by atoms with Crippen molar-refractivity contribution in [3.63, 3.8) is 0 Å². The van der Waals surface area contributed by atoms with Crippen LogP contribution in [0.5, 0.6) is 0 Å². The molecule has 8 aromatic rings. The first kappa shape index (κ1) is 27.7. The molecule has 0 N–H and O–H groups in total. The Balaban J connectivity index is 1.22. The van der Waals surface area contributed by atoms with Crippen LogP contribution in [-0.4, -0.2) is 14.5 Å². The van der Waals surface area contributed by atoms with Crippen LogP contribution in [0.25, 0.3) is 72.0 Å². The molecule has 5 aromatic carbocycles. The molecule has 0 spiro atoms. The van der Waals surface area contributed by atoms with Gasteiger partial charge in [-0.1, -0.05) is 78.9 Å². The lowest BCUT2D eigenvalue weighted by molar-refractivity contribution is 1.18. The quantitative estimate of drug-likeness (QED) is 0.197. The van der Waals surface area contributed by atoms with Gasteiger partial charge in [0, 0.05) is 28.9 Å². The third kappa shape index (κ3) is 5.09. The van der Waals surface area contributed by atoms with Crippen molar-refractivity contribution in [1.29, 1.82) is 10.5 Å². The fourth-order valence-corrected chi connectivity index (χ4v) is 6.29. The summed E-state index contributed by atoms with van der Waals surface area (Å²) < 4.78 is 2.33. The van der Waals surface area contributed by atoms with E-state index in [1.807, 2.05) is 30.3 Å². The maximum absolute atomic E-state index is 9.27. The Labute approximate surface area is 271 Å². The van der Waals surface area contributed by atoms with E-state index in [0.29, 0.717) is 11.4 Å². The zero-order valence-corrected chi connectivity index (χ0v) is 25.2. The summed E-state index contributed by atoms with van der Waals surface area (Å²) in [5, 5.41) is 20.9.